The van der Waals surface area contributed by atoms with Crippen molar-refractivity contribution < 1.29 is 23.8 Å². The second-order valence-electron chi connectivity index (χ2n) is 10.7. The van der Waals surface area contributed by atoms with Crippen LogP contribution in [-0.2, 0) is 19.3 Å². The molecule has 0 aliphatic carbocycles. The molecule has 226 valence electrons. The van der Waals surface area contributed by atoms with Gasteiger partial charge in [-0.25, -0.2) is 9.37 Å². The summed E-state index contributed by atoms with van der Waals surface area (Å²) < 4.78 is 52.0. The normalized spacial score (nSPS) is 17.4. The maximum atomic E-state index is 13.8. The topological polar surface area (TPSA) is 51.7 Å². The third-order valence-corrected chi connectivity index (χ3v) is 8.48. The summed E-state index contributed by atoms with van der Waals surface area (Å²) in [5.74, 6) is -0.167. The van der Waals surface area contributed by atoms with Crippen LogP contribution in [0.5, 0.6) is 0 Å². The van der Waals surface area contributed by atoms with E-state index in [9.17, 15) is 22.4 Å². The van der Waals surface area contributed by atoms with Crippen molar-refractivity contribution in [1.82, 2.24) is 20.1 Å². The SMILES string of the molecule is O=C(NCc1ccc(C(F)(F)F)cc1)c1cnc(N2CCN(C3CCN(Cc4ccc(Cl)c(F)c4)CC3)CC2)c(Cl)c1.[HH]. The lowest BCUT2D eigenvalue weighted by molar-refractivity contribution is -0.137. The highest BCUT2D eigenvalue weighted by Crippen LogP contribution is 2.30. The summed E-state index contributed by atoms with van der Waals surface area (Å²) in [6.45, 7) is 5.96. The Hall–Kier alpha value is -2.92. The molecule has 12 heteroatoms. The fourth-order valence-electron chi connectivity index (χ4n) is 5.52. The second-order valence-corrected chi connectivity index (χ2v) is 11.5. The maximum Gasteiger partial charge on any atom is 0.416 e. The number of hydrogen-bond acceptors (Lipinski definition) is 5. The van der Waals surface area contributed by atoms with Crippen LogP contribution >= 0.6 is 23.2 Å². The van der Waals surface area contributed by atoms with Gasteiger partial charge in [-0.2, -0.15) is 13.2 Å². The molecular weight excluding hydrogens is 593 g/mol. The molecule has 3 aromatic rings. The third-order valence-electron chi connectivity index (χ3n) is 7.90. The van der Waals surface area contributed by atoms with Crippen LogP contribution in [-0.4, -0.2) is 66.0 Å². The van der Waals surface area contributed by atoms with Crippen molar-refractivity contribution in [2.75, 3.05) is 44.2 Å². The molecule has 2 aliphatic rings. The molecule has 0 saturated carbocycles. The van der Waals surface area contributed by atoms with Crippen molar-refractivity contribution in [3.8, 4) is 0 Å². The average molecular weight is 627 g/mol. The van der Waals surface area contributed by atoms with Gasteiger partial charge in [0, 0.05) is 52.9 Å². The molecule has 0 spiro atoms. The van der Waals surface area contributed by atoms with Crippen molar-refractivity contribution in [1.29, 1.82) is 0 Å². The maximum absolute atomic E-state index is 13.8. The van der Waals surface area contributed by atoms with E-state index < -0.39 is 17.6 Å². The van der Waals surface area contributed by atoms with Gasteiger partial charge in [0.05, 0.1) is 21.2 Å². The van der Waals surface area contributed by atoms with Crippen molar-refractivity contribution in [3.05, 3.63) is 92.8 Å². The van der Waals surface area contributed by atoms with E-state index in [0.717, 1.165) is 69.8 Å². The summed E-state index contributed by atoms with van der Waals surface area (Å²) >= 11 is 12.3. The Labute approximate surface area is 253 Å². The number of amides is 1. The number of piperazine rings is 1. The number of benzene rings is 2. The van der Waals surface area contributed by atoms with Crippen molar-refractivity contribution >= 4 is 34.9 Å². The number of carbonyl (C=O) groups is 1. The first-order chi connectivity index (χ1) is 20.1. The molecule has 1 N–H and O–H groups in total. The van der Waals surface area contributed by atoms with Crippen LogP contribution in [0.4, 0.5) is 23.4 Å². The molecule has 2 aromatic carbocycles. The highest BCUT2D eigenvalue weighted by atomic mass is 35.5. The molecule has 0 atom stereocenters. The summed E-state index contributed by atoms with van der Waals surface area (Å²) in [7, 11) is 0. The number of halogens is 6. The number of hydrogen-bond donors (Lipinski definition) is 1. The Bertz CT molecular complexity index is 1400. The Morgan fingerprint density at radius 1 is 0.929 bits per heavy atom. The molecule has 0 bridgehead atoms. The van der Waals surface area contributed by atoms with Crippen LogP contribution in [0, 0.1) is 5.82 Å². The lowest BCUT2D eigenvalue weighted by atomic mass is 10.0. The number of alkyl halides is 3. The van der Waals surface area contributed by atoms with E-state index in [-0.39, 0.29) is 24.4 Å². The van der Waals surface area contributed by atoms with Gasteiger partial charge in [-0.15, -0.1) is 0 Å². The molecule has 42 heavy (non-hydrogen) atoms. The number of carbonyl (C=O) groups excluding carboxylic acids is 1. The molecule has 3 heterocycles. The van der Waals surface area contributed by atoms with Gasteiger partial charge in [-0.1, -0.05) is 41.4 Å². The zero-order valence-electron chi connectivity index (χ0n) is 22.8. The molecule has 6 nitrogen and oxygen atoms in total. The van der Waals surface area contributed by atoms with E-state index in [1.54, 1.807) is 12.1 Å². The first-order valence-corrected chi connectivity index (χ1v) is 14.6. The molecule has 0 unspecified atom stereocenters. The van der Waals surface area contributed by atoms with E-state index in [2.05, 4.69) is 25.0 Å². The standard InChI is InChI=1S/C30H31Cl2F4N5O.H2/c31-25-6-3-21(15-27(25)33)19-39-9-7-24(8-10-39)40-11-13-41(14-12-40)28-26(32)16-22(18-37-28)29(42)38-17-20-1-4-23(5-2-20)30(34,35)36;/h1-6,15-16,18,24H,7-14,17,19H2,(H,38,42);1H. The Morgan fingerprint density at radius 2 is 1.60 bits per heavy atom. The van der Waals surface area contributed by atoms with Gasteiger partial charge in [0.2, 0.25) is 0 Å². The molecule has 1 aromatic heterocycles. The van der Waals surface area contributed by atoms with Gasteiger partial charge in [0.15, 0.2) is 0 Å². The number of nitrogens with zero attached hydrogens (tertiary/aromatic N) is 4. The Kier molecular flexibility index (Phi) is 9.57. The highest BCUT2D eigenvalue weighted by Gasteiger charge is 2.30. The van der Waals surface area contributed by atoms with Crippen LogP contribution in [0.2, 0.25) is 10.0 Å². The summed E-state index contributed by atoms with van der Waals surface area (Å²) in [5, 5.41) is 3.21. The monoisotopic (exact) mass is 625 g/mol. The van der Waals surface area contributed by atoms with Gasteiger partial charge in [0.1, 0.15) is 11.6 Å². The lowest BCUT2D eigenvalue weighted by Crippen LogP contribution is -2.53. The minimum atomic E-state index is -4.40. The van der Waals surface area contributed by atoms with Crippen LogP contribution in [0.3, 0.4) is 0 Å². The minimum Gasteiger partial charge on any atom is -0.353 e. The fraction of sp³-hybridized carbons (Fsp3) is 0.400. The molecular formula is C30H33Cl2F4N5O. The van der Waals surface area contributed by atoms with Crippen molar-refractivity contribution in [2.45, 2.75) is 38.1 Å². The number of rotatable bonds is 7. The van der Waals surface area contributed by atoms with E-state index in [1.165, 1.54) is 24.4 Å². The Balaban J connectivity index is 0.00000423. The number of anilines is 1. The fourth-order valence-corrected chi connectivity index (χ4v) is 5.92. The number of likely N-dealkylation sites (tertiary alicyclic amines) is 1. The van der Waals surface area contributed by atoms with Crippen molar-refractivity contribution in [2.24, 2.45) is 0 Å². The smallest absolute Gasteiger partial charge is 0.353 e. The first-order valence-electron chi connectivity index (χ1n) is 13.8. The number of pyridine rings is 1. The predicted molar refractivity (Wildman–Crippen MR) is 157 cm³/mol. The highest BCUT2D eigenvalue weighted by molar-refractivity contribution is 6.33. The quantitative estimate of drug-likeness (QED) is 0.303. The largest absolute Gasteiger partial charge is 0.416 e. The second kappa shape index (κ2) is 13.2. The zero-order chi connectivity index (χ0) is 29.9. The van der Waals surface area contributed by atoms with E-state index in [0.29, 0.717) is 29.0 Å². The molecule has 1 amide bonds. The van der Waals surface area contributed by atoms with E-state index >= 15 is 0 Å². The third kappa shape index (κ3) is 7.53. The average Bonchev–Trinajstić information content (AvgIpc) is 2.98. The zero-order valence-corrected chi connectivity index (χ0v) is 24.3. The molecule has 2 saturated heterocycles. The number of nitrogens with one attached hydrogen (secondary N) is 1. The van der Waals surface area contributed by atoms with Crippen LogP contribution in [0.1, 0.15) is 41.3 Å². The summed E-state index contributed by atoms with van der Waals surface area (Å²) in [6.07, 6.45) is -0.840. The van der Waals surface area contributed by atoms with Gasteiger partial charge < -0.3 is 10.2 Å². The summed E-state index contributed by atoms with van der Waals surface area (Å²) in [6, 6.07) is 11.7. The van der Waals surface area contributed by atoms with Crippen LogP contribution in [0.15, 0.2) is 54.7 Å². The van der Waals surface area contributed by atoms with Gasteiger partial charge in [0.25, 0.3) is 5.91 Å². The molecule has 2 fully saturated rings. The van der Waals surface area contributed by atoms with Crippen LogP contribution in [0.25, 0.3) is 0 Å². The molecule has 5 rings (SSSR count). The lowest BCUT2D eigenvalue weighted by Gasteiger charge is -2.43. The summed E-state index contributed by atoms with van der Waals surface area (Å²) in [4.78, 5) is 24.1. The van der Waals surface area contributed by atoms with E-state index in [4.69, 9.17) is 23.2 Å². The van der Waals surface area contributed by atoms with Gasteiger partial charge in [-0.3, -0.25) is 14.6 Å². The van der Waals surface area contributed by atoms with Gasteiger partial charge >= 0.3 is 6.18 Å². The minimum absolute atomic E-state index is 0. The molecule has 2 aliphatic heterocycles. The Morgan fingerprint density at radius 3 is 2.21 bits per heavy atom. The van der Waals surface area contributed by atoms with Crippen molar-refractivity contribution in [3.63, 3.8) is 0 Å². The predicted octanol–water partition coefficient (Wildman–Crippen LogP) is 6.51. The van der Waals surface area contributed by atoms with Crippen LogP contribution < -0.4 is 10.2 Å². The molecule has 0 radical (unpaired) electrons. The number of piperidine rings is 1. The van der Waals surface area contributed by atoms with E-state index in [1.807, 2.05) is 6.07 Å². The first kappa shape index (κ1) is 30.5. The summed E-state index contributed by atoms with van der Waals surface area (Å²) in [5.41, 5.74) is 1.02. The number of aromatic nitrogens is 1. The van der Waals surface area contributed by atoms with Gasteiger partial charge in [-0.05, 0) is 67.4 Å².